The summed E-state index contributed by atoms with van der Waals surface area (Å²) in [5.74, 6) is 0. The molecule has 0 spiro atoms. The Morgan fingerprint density at radius 2 is 2.09 bits per heavy atom. The number of piperidine rings is 1. The van der Waals surface area contributed by atoms with Crippen molar-refractivity contribution in [2.45, 2.75) is 45.6 Å². The SMILES string of the molecule is CC.OCC[C@@H]1CCCCN1. The van der Waals surface area contributed by atoms with Crippen LogP contribution >= 0.6 is 0 Å². The fraction of sp³-hybridized carbons (Fsp3) is 1.00. The lowest BCUT2D eigenvalue weighted by Gasteiger charge is -2.22. The average Bonchev–Trinajstić information content (AvgIpc) is 2.11. The summed E-state index contributed by atoms with van der Waals surface area (Å²) < 4.78 is 0. The highest BCUT2D eigenvalue weighted by atomic mass is 16.3. The van der Waals surface area contributed by atoms with E-state index >= 15 is 0 Å². The molecule has 0 aromatic heterocycles. The standard InChI is InChI=1S/C7H15NO.C2H6/c9-6-4-7-3-1-2-5-8-7;1-2/h7-9H,1-6H2;1-2H3/t7-;/m0./s1. The van der Waals surface area contributed by atoms with Gasteiger partial charge in [-0.3, -0.25) is 0 Å². The summed E-state index contributed by atoms with van der Waals surface area (Å²) in [6.45, 7) is 5.47. The molecule has 1 heterocycles. The first-order valence-electron chi connectivity index (χ1n) is 4.77. The van der Waals surface area contributed by atoms with Crippen LogP contribution < -0.4 is 5.32 Å². The van der Waals surface area contributed by atoms with Crippen molar-refractivity contribution in [1.82, 2.24) is 5.32 Å². The van der Waals surface area contributed by atoms with E-state index in [4.69, 9.17) is 5.11 Å². The van der Waals surface area contributed by atoms with Crippen LogP contribution in [0.15, 0.2) is 0 Å². The minimum atomic E-state index is 0.331. The van der Waals surface area contributed by atoms with Crippen molar-refractivity contribution in [2.75, 3.05) is 13.2 Å². The second-order valence-corrected chi connectivity index (χ2v) is 2.66. The third-order valence-corrected chi connectivity index (χ3v) is 1.89. The molecule has 0 radical (unpaired) electrons. The molecule has 2 heteroatoms. The molecule has 0 saturated carbocycles. The van der Waals surface area contributed by atoms with Crippen LogP contribution in [0.25, 0.3) is 0 Å². The molecule has 2 N–H and O–H groups in total. The lowest BCUT2D eigenvalue weighted by Crippen LogP contribution is -2.34. The molecule has 0 amide bonds. The van der Waals surface area contributed by atoms with Gasteiger partial charge in [0, 0.05) is 12.6 Å². The van der Waals surface area contributed by atoms with Crippen LogP contribution in [0, 0.1) is 0 Å². The molecular weight excluding hydrogens is 138 g/mol. The van der Waals surface area contributed by atoms with Gasteiger partial charge in [0.25, 0.3) is 0 Å². The molecular formula is C9H21NO. The fourth-order valence-corrected chi connectivity index (χ4v) is 1.33. The van der Waals surface area contributed by atoms with Gasteiger partial charge in [-0.25, -0.2) is 0 Å². The van der Waals surface area contributed by atoms with Gasteiger partial charge in [-0.15, -0.1) is 0 Å². The van der Waals surface area contributed by atoms with E-state index in [1.54, 1.807) is 0 Å². The molecule has 2 nitrogen and oxygen atoms in total. The van der Waals surface area contributed by atoms with Crippen molar-refractivity contribution in [3.05, 3.63) is 0 Å². The van der Waals surface area contributed by atoms with Crippen molar-refractivity contribution < 1.29 is 5.11 Å². The summed E-state index contributed by atoms with van der Waals surface area (Å²) in [4.78, 5) is 0. The van der Waals surface area contributed by atoms with E-state index in [0.29, 0.717) is 12.6 Å². The number of hydrogen-bond acceptors (Lipinski definition) is 2. The molecule has 0 bridgehead atoms. The van der Waals surface area contributed by atoms with Gasteiger partial charge in [-0.1, -0.05) is 20.3 Å². The third kappa shape index (κ3) is 5.22. The first-order chi connectivity index (χ1) is 5.43. The van der Waals surface area contributed by atoms with Gasteiger partial charge < -0.3 is 10.4 Å². The van der Waals surface area contributed by atoms with Crippen LogP contribution in [0.3, 0.4) is 0 Å². The summed E-state index contributed by atoms with van der Waals surface area (Å²) >= 11 is 0. The summed E-state index contributed by atoms with van der Waals surface area (Å²) in [5.41, 5.74) is 0. The highest BCUT2D eigenvalue weighted by molar-refractivity contribution is 4.70. The van der Waals surface area contributed by atoms with Gasteiger partial charge in [-0.05, 0) is 25.8 Å². The number of aliphatic hydroxyl groups is 1. The lowest BCUT2D eigenvalue weighted by atomic mass is 10.0. The molecule has 0 aromatic rings. The summed E-state index contributed by atoms with van der Waals surface area (Å²) in [5, 5.41) is 11.9. The Hall–Kier alpha value is -0.0800. The van der Waals surface area contributed by atoms with Crippen LogP contribution in [0.2, 0.25) is 0 Å². The zero-order valence-corrected chi connectivity index (χ0v) is 7.77. The second-order valence-electron chi connectivity index (χ2n) is 2.66. The van der Waals surface area contributed by atoms with Crippen LogP contribution in [0.4, 0.5) is 0 Å². The largest absolute Gasteiger partial charge is 0.396 e. The van der Waals surface area contributed by atoms with E-state index < -0.39 is 0 Å². The minimum absolute atomic E-state index is 0.331. The van der Waals surface area contributed by atoms with Gasteiger partial charge in [0.05, 0.1) is 0 Å². The molecule has 1 saturated heterocycles. The van der Waals surface area contributed by atoms with E-state index in [1.807, 2.05) is 13.8 Å². The van der Waals surface area contributed by atoms with Gasteiger partial charge in [0.1, 0.15) is 0 Å². The summed E-state index contributed by atoms with van der Waals surface area (Å²) in [6.07, 6.45) is 4.82. The quantitative estimate of drug-likeness (QED) is 0.640. The smallest absolute Gasteiger partial charge is 0.0445 e. The Bertz CT molecular complexity index is 67.2. The maximum atomic E-state index is 8.58. The van der Waals surface area contributed by atoms with Crippen LogP contribution in [0.1, 0.15) is 39.5 Å². The predicted molar refractivity (Wildman–Crippen MR) is 48.7 cm³/mol. The third-order valence-electron chi connectivity index (χ3n) is 1.89. The lowest BCUT2D eigenvalue weighted by molar-refractivity contribution is 0.250. The zero-order chi connectivity index (χ0) is 8.53. The van der Waals surface area contributed by atoms with Gasteiger partial charge in [0.15, 0.2) is 0 Å². The molecule has 1 atom stereocenters. The van der Waals surface area contributed by atoms with Gasteiger partial charge in [0.2, 0.25) is 0 Å². The van der Waals surface area contributed by atoms with Crippen molar-refractivity contribution in [3.8, 4) is 0 Å². The summed E-state index contributed by atoms with van der Waals surface area (Å²) in [7, 11) is 0. The van der Waals surface area contributed by atoms with Crippen molar-refractivity contribution in [1.29, 1.82) is 0 Å². The van der Waals surface area contributed by atoms with Crippen molar-refractivity contribution in [2.24, 2.45) is 0 Å². The Labute approximate surface area is 70.0 Å². The van der Waals surface area contributed by atoms with E-state index in [9.17, 15) is 0 Å². The van der Waals surface area contributed by atoms with Crippen LogP contribution in [0.5, 0.6) is 0 Å². The number of aliphatic hydroxyl groups excluding tert-OH is 1. The van der Waals surface area contributed by atoms with Crippen LogP contribution in [-0.2, 0) is 0 Å². The van der Waals surface area contributed by atoms with Gasteiger partial charge in [-0.2, -0.15) is 0 Å². The molecule has 0 unspecified atom stereocenters. The number of nitrogens with one attached hydrogen (secondary N) is 1. The molecule has 1 aliphatic heterocycles. The van der Waals surface area contributed by atoms with Crippen molar-refractivity contribution in [3.63, 3.8) is 0 Å². The summed E-state index contributed by atoms with van der Waals surface area (Å²) in [6, 6.07) is 0.601. The number of rotatable bonds is 2. The molecule has 0 aromatic carbocycles. The van der Waals surface area contributed by atoms with Gasteiger partial charge >= 0.3 is 0 Å². The first kappa shape index (κ1) is 10.9. The number of hydrogen-bond donors (Lipinski definition) is 2. The first-order valence-corrected chi connectivity index (χ1v) is 4.77. The topological polar surface area (TPSA) is 32.3 Å². The molecule has 1 aliphatic rings. The monoisotopic (exact) mass is 159 g/mol. The maximum Gasteiger partial charge on any atom is 0.0445 e. The van der Waals surface area contributed by atoms with Crippen LogP contribution in [-0.4, -0.2) is 24.3 Å². The second kappa shape index (κ2) is 8.02. The Kier molecular flexibility index (Phi) is 7.96. The Morgan fingerprint density at radius 3 is 2.55 bits per heavy atom. The van der Waals surface area contributed by atoms with Crippen molar-refractivity contribution >= 4 is 0 Å². The van der Waals surface area contributed by atoms with E-state index in [-0.39, 0.29) is 0 Å². The fourth-order valence-electron chi connectivity index (χ4n) is 1.33. The molecule has 0 aliphatic carbocycles. The average molecular weight is 159 g/mol. The highest BCUT2D eigenvalue weighted by Gasteiger charge is 2.10. The van der Waals surface area contributed by atoms with E-state index in [1.165, 1.54) is 19.3 Å². The Morgan fingerprint density at radius 1 is 1.36 bits per heavy atom. The maximum absolute atomic E-state index is 8.58. The molecule has 68 valence electrons. The normalized spacial score (nSPS) is 23.7. The minimum Gasteiger partial charge on any atom is -0.396 e. The molecule has 1 fully saturated rings. The predicted octanol–water partition coefficient (Wildman–Crippen LogP) is 1.54. The molecule has 11 heavy (non-hydrogen) atoms. The van der Waals surface area contributed by atoms with E-state index in [0.717, 1.165) is 13.0 Å². The van der Waals surface area contributed by atoms with E-state index in [2.05, 4.69) is 5.32 Å². The zero-order valence-electron chi connectivity index (χ0n) is 7.77. The Balaban J connectivity index is 0.000000461. The highest BCUT2D eigenvalue weighted by Crippen LogP contribution is 2.08. The molecule has 1 rings (SSSR count).